The molecule has 0 bridgehead atoms. The first kappa shape index (κ1) is 19.1. The van der Waals surface area contributed by atoms with Crippen LogP contribution in [0, 0.1) is 19.8 Å². The Kier molecular flexibility index (Phi) is 5.51. The van der Waals surface area contributed by atoms with E-state index in [0.717, 1.165) is 54.3 Å². The molecule has 0 atom stereocenters. The quantitative estimate of drug-likeness (QED) is 0.732. The molecule has 29 heavy (non-hydrogen) atoms. The molecule has 1 amide bonds. The third kappa shape index (κ3) is 4.42. The molecule has 4 rings (SSSR count). The average molecular weight is 387 g/mol. The lowest BCUT2D eigenvalue weighted by Gasteiger charge is -2.32. The molecule has 0 spiro atoms. The number of benzene rings is 1. The number of hydrogen-bond donors (Lipinski definition) is 1. The number of nitrogens with one attached hydrogen (secondary N) is 1. The first-order valence-corrected chi connectivity index (χ1v) is 9.97. The lowest BCUT2D eigenvalue weighted by molar-refractivity contribution is -0.120. The van der Waals surface area contributed by atoms with E-state index in [9.17, 15) is 4.79 Å². The zero-order chi connectivity index (χ0) is 20.2. The van der Waals surface area contributed by atoms with Crippen molar-refractivity contribution in [3.05, 3.63) is 66.0 Å². The van der Waals surface area contributed by atoms with E-state index in [0.29, 0.717) is 0 Å². The molecule has 3 heterocycles. The molecule has 0 saturated carbocycles. The maximum Gasteiger partial charge on any atom is 0.227 e. The molecule has 6 nitrogen and oxygen atoms in total. The number of rotatable bonds is 4. The van der Waals surface area contributed by atoms with E-state index in [1.807, 2.05) is 43.3 Å². The summed E-state index contributed by atoms with van der Waals surface area (Å²) >= 11 is 0. The second-order valence-corrected chi connectivity index (χ2v) is 7.58. The number of carbonyl (C=O) groups is 1. The minimum Gasteiger partial charge on any atom is -0.355 e. The van der Waals surface area contributed by atoms with Crippen LogP contribution in [-0.2, 0) is 4.79 Å². The van der Waals surface area contributed by atoms with Crippen molar-refractivity contribution in [2.45, 2.75) is 26.7 Å². The van der Waals surface area contributed by atoms with E-state index in [-0.39, 0.29) is 11.8 Å². The molecule has 1 saturated heterocycles. The summed E-state index contributed by atoms with van der Waals surface area (Å²) in [6.07, 6.45) is 5.12. The van der Waals surface area contributed by atoms with E-state index >= 15 is 0 Å². The monoisotopic (exact) mass is 387 g/mol. The molecule has 1 aliphatic heterocycles. The van der Waals surface area contributed by atoms with Gasteiger partial charge in [-0.2, -0.15) is 0 Å². The molecule has 148 valence electrons. The summed E-state index contributed by atoms with van der Waals surface area (Å²) in [5, 5.41) is 11.8. The number of anilines is 2. The third-order valence-corrected chi connectivity index (χ3v) is 5.46. The molecule has 1 aromatic carbocycles. The van der Waals surface area contributed by atoms with Crippen LogP contribution in [-0.4, -0.2) is 34.2 Å². The topological polar surface area (TPSA) is 71.0 Å². The molecule has 0 radical (unpaired) electrons. The van der Waals surface area contributed by atoms with Crippen molar-refractivity contribution in [3.8, 4) is 11.3 Å². The lowest BCUT2D eigenvalue weighted by Crippen LogP contribution is -2.38. The van der Waals surface area contributed by atoms with Gasteiger partial charge in [0, 0.05) is 42.7 Å². The van der Waals surface area contributed by atoms with Crippen LogP contribution in [0.1, 0.15) is 24.0 Å². The Balaban J connectivity index is 1.35. The van der Waals surface area contributed by atoms with Crippen molar-refractivity contribution in [2.75, 3.05) is 23.3 Å². The highest BCUT2D eigenvalue weighted by Gasteiger charge is 2.26. The minimum atomic E-state index is 0.0241. The number of carbonyl (C=O) groups excluding carboxylic acids is 1. The van der Waals surface area contributed by atoms with Crippen molar-refractivity contribution >= 4 is 17.4 Å². The van der Waals surface area contributed by atoms with Gasteiger partial charge in [-0.3, -0.25) is 9.78 Å². The predicted octanol–water partition coefficient (Wildman–Crippen LogP) is 4.01. The molecule has 1 aliphatic rings. The zero-order valence-electron chi connectivity index (χ0n) is 16.8. The molecule has 3 aromatic rings. The maximum atomic E-state index is 12.7. The van der Waals surface area contributed by atoms with Gasteiger partial charge in [-0.1, -0.05) is 17.7 Å². The minimum absolute atomic E-state index is 0.0241. The van der Waals surface area contributed by atoms with Gasteiger partial charge in [-0.25, -0.2) is 0 Å². The standard InChI is InChI=1S/C23H25N5O/c1-16-3-4-20(17(2)15-16)25-23(29)19-9-13-28(14-10-19)22-6-5-21(26-27-22)18-7-11-24-12-8-18/h3-8,11-12,15,19H,9-10,13-14H2,1-2H3,(H,25,29). The van der Waals surface area contributed by atoms with E-state index in [1.54, 1.807) is 12.4 Å². The highest BCUT2D eigenvalue weighted by molar-refractivity contribution is 5.93. The van der Waals surface area contributed by atoms with Crippen LogP contribution in [0.15, 0.2) is 54.9 Å². The number of amides is 1. The Morgan fingerprint density at radius 1 is 1.00 bits per heavy atom. The van der Waals surface area contributed by atoms with Crippen molar-refractivity contribution in [3.63, 3.8) is 0 Å². The predicted molar refractivity (Wildman–Crippen MR) is 115 cm³/mol. The number of nitrogens with zero attached hydrogens (tertiary/aromatic N) is 4. The molecular weight excluding hydrogens is 362 g/mol. The van der Waals surface area contributed by atoms with E-state index in [1.165, 1.54) is 5.56 Å². The van der Waals surface area contributed by atoms with Crippen molar-refractivity contribution in [1.29, 1.82) is 0 Å². The largest absolute Gasteiger partial charge is 0.355 e. The number of aryl methyl sites for hydroxylation is 2. The molecular formula is C23H25N5O. The molecule has 6 heteroatoms. The Labute approximate surface area is 171 Å². The first-order valence-electron chi connectivity index (χ1n) is 9.97. The fourth-order valence-corrected chi connectivity index (χ4v) is 3.73. The van der Waals surface area contributed by atoms with Gasteiger partial charge in [0.25, 0.3) is 0 Å². The van der Waals surface area contributed by atoms with Crippen LogP contribution in [0.4, 0.5) is 11.5 Å². The highest BCUT2D eigenvalue weighted by atomic mass is 16.1. The Morgan fingerprint density at radius 3 is 2.41 bits per heavy atom. The second-order valence-electron chi connectivity index (χ2n) is 7.58. The van der Waals surface area contributed by atoms with Crippen LogP contribution in [0.3, 0.4) is 0 Å². The van der Waals surface area contributed by atoms with Gasteiger partial charge in [0.15, 0.2) is 5.82 Å². The van der Waals surface area contributed by atoms with Crippen LogP contribution in [0.5, 0.6) is 0 Å². The zero-order valence-corrected chi connectivity index (χ0v) is 16.8. The highest BCUT2D eigenvalue weighted by Crippen LogP contribution is 2.25. The summed E-state index contributed by atoms with van der Waals surface area (Å²) in [6, 6.07) is 13.9. The average Bonchev–Trinajstić information content (AvgIpc) is 2.76. The lowest BCUT2D eigenvalue weighted by atomic mass is 9.95. The summed E-state index contributed by atoms with van der Waals surface area (Å²) in [5.41, 5.74) is 5.03. The van der Waals surface area contributed by atoms with E-state index in [4.69, 9.17) is 0 Å². The van der Waals surface area contributed by atoms with Gasteiger partial charge in [-0.15, -0.1) is 10.2 Å². The Morgan fingerprint density at radius 2 is 1.76 bits per heavy atom. The normalized spacial score (nSPS) is 14.6. The van der Waals surface area contributed by atoms with Crippen LogP contribution in [0.2, 0.25) is 0 Å². The van der Waals surface area contributed by atoms with Gasteiger partial charge in [0.1, 0.15) is 0 Å². The SMILES string of the molecule is Cc1ccc(NC(=O)C2CCN(c3ccc(-c4ccncc4)nn3)CC2)c(C)c1. The van der Waals surface area contributed by atoms with Crippen LogP contribution < -0.4 is 10.2 Å². The van der Waals surface area contributed by atoms with Crippen molar-refractivity contribution in [2.24, 2.45) is 5.92 Å². The molecule has 0 aliphatic carbocycles. The van der Waals surface area contributed by atoms with Gasteiger partial charge >= 0.3 is 0 Å². The Hall–Kier alpha value is -3.28. The molecule has 1 fully saturated rings. The summed E-state index contributed by atoms with van der Waals surface area (Å²) in [6.45, 7) is 5.68. The summed E-state index contributed by atoms with van der Waals surface area (Å²) in [5.74, 6) is 0.989. The smallest absolute Gasteiger partial charge is 0.227 e. The number of hydrogen-bond acceptors (Lipinski definition) is 5. The van der Waals surface area contributed by atoms with E-state index in [2.05, 4.69) is 38.4 Å². The van der Waals surface area contributed by atoms with Crippen LogP contribution in [0.25, 0.3) is 11.3 Å². The summed E-state index contributed by atoms with van der Waals surface area (Å²) in [4.78, 5) is 18.9. The maximum absolute atomic E-state index is 12.7. The van der Waals surface area contributed by atoms with E-state index < -0.39 is 0 Å². The third-order valence-electron chi connectivity index (χ3n) is 5.46. The molecule has 0 unspecified atom stereocenters. The number of pyridine rings is 1. The first-order chi connectivity index (χ1) is 14.1. The summed E-state index contributed by atoms with van der Waals surface area (Å²) < 4.78 is 0. The second kappa shape index (κ2) is 8.39. The van der Waals surface area contributed by atoms with Crippen LogP contribution >= 0.6 is 0 Å². The fraction of sp³-hybridized carbons (Fsp3) is 0.304. The number of piperidine rings is 1. The molecule has 2 aromatic heterocycles. The van der Waals surface area contributed by atoms with Gasteiger partial charge < -0.3 is 10.2 Å². The van der Waals surface area contributed by atoms with Gasteiger partial charge in [0.05, 0.1) is 5.69 Å². The van der Waals surface area contributed by atoms with Crippen molar-refractivity contribution in [1.82, 2.24) is 15.2 Å². The van der Waals surface area contributed by atoms with Crippen molar-refractivity contribution < 1.29 is 4.79 Å². The molecule has 1 N–H and O–H groups in total. The fourth-order valence-electron chi connectivity index (χ4n) is 3.73. The Bertz CT molecular complexity index is 980. The van der Waals surface area contributed by atoms with Gasteiger partial charge in [0.2, 0.25) is 5.91 Å². The number of aromatic nitrogens is 3. The summed E-state index contributed by atoms with van der Waals surface area (Å²) in [7, 11) is 0. The van der Waals surface area contributed by atoms with Gasteiger partial charge in [-0.05, 0) is 62.6 Å².